The smallest absolute Gasteiger partial charge is 0.265 e. The highest BCUT2D eigenvalue weighted by Crippen LogP contribution is 2.32. The maximum absolute atomic E-state index is 12.2. The van der Waals surface area contributed by atoms with Crippen LogP contribution in [-0.4, -0.2) is 11.8 Å². The largest absolute Gasteiger partial charge is 0.320 e. The van der Waals surface area contributed by atoms with Crippen molar-refractivity contribution in [3.05, 3.63) is 45.3 Å². The van der Waals surface area contributed by atoms with Crippen molar-refractivity contribution in [1.29, 1.82) is 0 Å². The zero-order chi connectivity index (χ0) is 15.7. The van der Waals surface area contributed by atoms with Gasteiger partial charge >= 0.3 is 0 Å². The topological polar surface area (TPSA) is 58.2 Å². The van der Waals surface area contributed by atoms with Gasteiger partial charge in [-0.25, -0.2) is 0 Å². The molecular weight excluding hydrogens is 343 g/mol. The van der Waals surface area contributed by atoms with Crippen molar-refractivity contribution in [2.24, 2.45) is 5.92 Å². The Bertz CT molecular complexity index is 741. The average molecular weight is 355 g/mol. The number of hydrogen-bond acceptors (Lipinski definition) is 3. The van der Waals surface area contributed by atoms with Crippen LogP contribution in [0, 0.1) is 5.92 Å². The standard InChI is InChI=1S/C15H12Cl2N2O2S/c16-9-3-4-10(17)11(7-9)18-15(21)12-5-6-13(22-12)19-14(20)8-1-2-8/h3-8H,1-2H2,(H,18,21)(H,19,20). The van der Waals surface area contributed by atoms with Gasteiger partial charge in [0.15, 0.2) is 0 Å². The predicted octanol–water partition coefficient (Wildman–Crippen LogP) is 4.66. The Labute approximate surface area is 141 Å². The molecule has 3 rings (SSSR count). The van der Waals surface area contributed by atoms with Crippen LogP contribution in [0.2, 0.25) is 10.0 Å². The number of carbonyl (C=O) groups excluding carboxylic acids is 2. The molecule has 7 heteroatoms. The summed E-state index contributed by atoms with van der Waals surface area (Å²) in [5.41, 5.74) is 0.455. The molecule has 1 fully saturated rings. The van der Waals surface area contributed by atoms with E-state index in [1.54, 1.807) is 30.3 Å². The van der Waals surface area contributed by atoms with Crippen molar-refractivity contribution in [2.75, 3.05) is 10.6 Å². The number of amides is 2. The van der Waals surface area contributed by atoms with Crippen LogP contribution in [0.15, 0.2) is 30.3 Å². The Hall–Kier alpha value is -1.56. The molecule has 2 aromatic rings. The molecule has 0 saturated heterocycles. The van der Waals surface area contributed by atoms with Crippen LogP contribution in [0.1, 0.15) is 22.5 Å². The molecule has 1 aliphatic rings. The summed E-state index contributed by atoms with van der Waals surface area (Å²) in [6.45, 7) is 0. The molecule has 0 unspecified atom stereocenters. The summed E-state index contributed by atoms with van der Waals surface area (Å²) < 4.78 is 0. The molecule has 2 amide bonds. The zero-order valence-corrected chi connectivity index (χ0v) is 13.7. The molecular formula is C15H12Cl2N2O2S. The number of hydrogen-bond donors (Lipinski definition) is 2. The Balaban J connectivity index is 1.68. The quantitative estimate of drug-likeness (QED) is 0.838. The minimum Gasteiger partial charge on any atom is -0.320 e. The van der Waals surface area contributed by atoms with E-state index >= 15 is 0 Å². The first-order chi connectivity index (χ1) is 10.5. The SMILES string of the molecule is O=C(Nc1cc(Cl)ccc1Cl)c1ccc(NC(=O)C2CC2)s1. The van der Waals surface area contributed by atoms with Crippen LogP contribution in [0.3, 0.4) is 0 Å². The highest BCUT2D eigenvalue weighted by Gasteiger charge is 2.29. The maximum atomic E-state index is 12.2. The zero-order valence-electron chi connectivity index (χ0n) is 11.4. The first-order valence-corrected chi connectivity index (χ1v) is 8.27. The van der Waals surface area contributed by atoms with Gasteiger partial charge in [-0.3, -0.25) is 9.59 Å². The second-order valence-electron chi connectivity index (χ2n) is 5.01. The number of nitrogens with one attached hydrogen (secondary N) is 2. The average Bonchev–Trinajstić information content (AvgIpc) is 3.23. The van der Waals surface area contributed by atoms with Crippen LogP contribution in [-0.2, 0) is 4.79 Å². The molecule has 4 nitrogen and oxygen atoms in total. The minimum atomic E-state index is -0.291. The van der Waals surface area contributed by atoms with Crippen LogP contribution >= 0.6 is 34.5 Å². The van der Waals surface area contributed by atoms with Gasteiger partial charge in [-0.15, -0.1) is 11.3 Å². The fourth-order valence-corrected chi connectivity index (χ4v) is 3.01. The molecule has 1 heterocycles. The van der Waals surface area contributed by atoms with Gasteiger partial charge in [-0.2, -0.15) is 0 Å². The van der Waals surface area contributed by atoms with Crippen molar-refractivity contribution in [3.63, 3.8) is 0 Å². The third kappa shape index (κ3) is 3.61. The number of thiophene rings is 1. The van der Waals surface area contributed by atoms with E-state index in [0.717, 1.165) is 12.8 Å². The van der Waals surface area contributed by atoms with Crippen LogP contribution < -0.4 is 10.6 Å². The molecule has 114 valence electrons. The molecule has 22 heavy (non-hydrogen) atoms. The highest BCUT2D eigenvalue weighted by atomic mass is 35.5. The molecule has 0 spiro atoms. The van der Waals surface area contributed by atoms with Crippen molar-refractivity contribution < 1.29 is 9.59 Å². The van der Waals surface area contributed by atoms with E-state index in [9.17, 15) is 9.59 Å². The van der Waals surface area contributed by atoms with Gasteiger partial charge in [0.2, 0.25) is 5.91 Å². The number of anilines is 2. The van der Waals surface area contributed by atoms with E-state index in [1.807, 2.05) is 0 Å². The van der Waals surface area contributed by atoms with Gasteiger partial charge in [0.25, 0.3) is 5.91 Å². The summed E-state index contributed by atoms with van der Waals surface area (Å²) >= 11 is 13.1. The van der Waals surface area contributed by atoms with E-state index < -0.39 is 0 Å². The lowest BCUT2D eigenvalue weighted by molar-refractivity contribution is -0.117. The summed E-state index contributed by atoms with van der Waals surface area (Å²) in [5.74, 6) is -0.141. The first-order valence-electron chi connectivity index (χ1n) is 6.70. The lowest BCUT2D eigenvalue weighted by atomic mass is 10.3. The fourth-order valence-electron chi connectivity index (χ4n) is 1.87. The minimum absolute atomic E-state index is 0.0201. The molecule has 1 aromatic heterocycles. The highest BCUT2D eigenvalue weighted by molar-refractivity contribution is 7.18. The van der Waals surface area contributed by atoms with Crippen LogP contribution in [0.5, 0.6) is 0 Å². The first kappa shape index (κ1) is 15.3. The van der Waals surface area contributed by atoms with Crippen molar-refractivity contribution in [1.82, 2.24) is 0 Å². The summed E-state index contributed by atoms with van der Waals surface area (Å²) in [6.07, 6.45) is 1.88. The second kappa shape index (κ2) is 6.28. The van der Waals surface area contributed by atoms with E-state index in [0.29, 0.717) is 25.6 Å². The van der Waals surface area contributed by atoms with Gasteiger partial charge in [-0.05, 0) is 43.2 Å². The van der Waals surface area contributed by atoms with Gasteiger partial charge in [0, 0.05) is 10.9 Å². The van der Waals surface area contributed by atoms with E-state index in [2.05, 4.69) is 10.6 Å². The van der Waals surface area contributed by atoms with E-state index in [1.165, 1.54) is 11.3 Å². The van der Waals surface area contributed by atoms with Gasteiger partial charge in [-0.1, -0.05) is 23.2 Å². The molecule has 0 radical (unpaired) electrons. The number of halogens is 2. The van der Waals surface area contributed by atoms with Crippen LogP contribution in [0.4, 0.5) is 10.7 Å². The Morgan fingerprint density at radius 3 is 2.59 bits per heavy atom. The molecule has 1 aliphatic carbocycles. The summed E-state index contributed by atoms with van der Waals surface area (Å²) in [5, 5.41) is 7.10. The number of rotatable bonds is 4. The van der Waals surface area contributed by atoms with Gasteiger partial charge < -0.3 is 10.6 Å². The fraction of sp³-hybridized carbons (Fsp3) is 0.200. The third-order valence-corrected chi connectivity index (χ3v) is 4.77. The van der Waals surface area contributed by atoms with Gasteiger partial charge in [0.1, 0.15) is 0 Å². The molecule has 1 saturated carbocycles. The van der Waals surface area contributed by atoms with Crippen molar-refractivity contribution in [3.8, 4) is 0 Å². The predicted molar refractivity (Wildman–Crippen MR) is 90.1 cm³/mol. The molecule has 0 bridgehead atoms. The third-order valence-electron chi connectivity index (χ3n) is 3.20. The second-order valence-corrected chi connectivity index (χ2v) is 6.93. The molecule has 0 aliphatic heterocycles. The Morgan fingerprint density at radius 1 is 1.09 bits per heavy atom. The molecule has 0 atom stereocenters. The molecule has 2 N–H and O–H groups in total. The lowest BCUT2D eigenvalue weighted by Gasteiger charge is -2.06. The number of benzene rings is 1. The Morgan fingerprint density at radius 2 is 1.86 bits per heavy atom. The summed E-state index contributed by atoms with van der Waals surface area (Å²) in [7, 11) is 0. The summed E-state index contributed by atoms with van der Waals surface area (Å²) in [4.78, 5) is 24.4. The van der Waals surface area contributed by atoms with Crippen molar-refractivity contribution in [2.45, 2.75) is 12.8 Å². The van der Waals surface area contributed by atoms with Gasteiger partial charge in [0.05, 0.1) is 20.6 Å². The van der Waals surface area contributed by atoms with E-state index in [4.69, 9.17) is 23.2 Å². The van der Waals surface area contributed by atoms with E-state index in [-0.39, 0.29) is 17.7 Å². The van der Waals surface area contributed by atoms with Crippen molar-refractivity contribution >= 4 is 57.0 Å². The molecule has 1 aromatic carbocycles. The monoisotopic (exact) mass is 354 g/mol. The summed E-state index contributed by atoms with van der Waals surface area (Å²) in [6, 6.07) is 8.25. The maximum Gasteiger partial charge on any atom is 0.265 e. The van der Waals surface area contributed by atoms with Crippen LogP contribution in [0.25, 0.3) is 0 Å². The Kier molecular flexibility index (Phi) is 4.38. The normalized spacial score (nSPS) is 13.7. The number of carbonyl (C=O) groups is 2. The lowest BCUT2D eigenvalue weighted by Crippen LogP contribution is -2.12.